The Morgan fingerprint density at radius 3 is 1.95 bits per heavy atom. The molecule has 0 saturated carbocycles. The number of ether oxygens (including phenoxy) is 1. The third kappa shape index (κ3) is 3.40. The van der Waals surface area contributed by atoms with Crippen molar-refractivity contribution in [2.75, 3.05) is 6.61 Å². The fraction of sp³-hybridized carbons (Fsp3) is 0.529. The summed E-state index contributed by atoms with van der Waals surface area (Å²) in [4.78, 5) is 23.2. The second kappa shape index (κ2) is 6.38. The number of carboxylic acids is 2. The van der Waals surface area contributed by atoms with Crippen molar-refractivity contribution in [1.82, 2.24) is 0 Å². The molecular formula is C17H24O5. The zero-order valence-corrected chi connectivity index (χ0v) is 13.8. The molecule has 1 aromatic carbocycles. The standard InChI is InChI=1S/C17H24O5/c1-6-9-22-11-7-8-12(16(2,3)14(18)19)13(10-11)17(4,5)15(20)21/h7-8,10H,6,9H2,1-5H3,(H,18,19)(H,20,21). The summed E-state index contributed by atoms with van der Waals surface area (Å²) in [5.41, 5.74) is -1.46. The van der Waals surface area contributed by atoms with Crippen molar-refractivity contribution < 1.29 is 24.5 Å². The van der Waals surface area contributed by atoms with E-state index < -0.39 is 22.8 Å². The Morgan fingerprint density at radius 1 is 1.00 bits per heavy atom. The molecule has 0 bridgehead atoms. The molecule has 0 saturated heterocycles. The molecule has 22 heavy (non-hydrogen) atoms. The van der Waals surface area contributed by atoms with Gasteiger partial charge in [0.15, 0.2) is 0 Å². The highest BCUT2D eigenvalue weighted by atomic mass is 16.5. The SMILES string of the molecule is CCCOc1ccc(C(C)(C)C(=O)O)c(C(C)(C)C(=O)O)c1. The summed E-state index contributed by atoms with van der Waals surface area (Å²) in [5.74, 6) is -1.46. The smallest absolute Gasteiger partial charge is 0.313 e. The second-order valence-electron chi connectivity index (χ2n) is 6.42. The van der Waals surface area contributed by atoms with Crippen molar-refractivity contribution >= 4 is 11.9 Å². The van der Waals surface area contributed by atoms with Gasteiger partial charge >= 0.3 is 11.9 Å². The zero-order valence-electron chi connectivity index (χ0n) is 13.8. The highest BCUT2D eigenvalue weighted by Crippen LogP contribution is 2.37. The highest BCUT2D eigenvalue weighted by molar-refractivity contribution is 5.85. The van der Waals surface area contributed by atoms with E-state index in [0.29, 0.717) is 23.5 Å². The molecule has 0 aliphatic carbocycles. The third-order valence-electron chi connectivity index (χ3n) is 3.88. The molecule has 0 aromatic heterocycles. The lowest BCUT2D eigenvalue weighted by Gasteiger charge is -2.30. The van der Waals surface area contributed by atoms with Crippen LogP contribution in [0.5, 0.6) is 5.75 Å². The van der Waals surface area contributed by atoms with E-state index in [-0.39, 0.29) is 0 Å². The Kier molecular flexibility index (Phi) is 5.22. The van der Waals surface area contributed by atoms with E-state index in [9.17, 15) is 19.8 Å². The van der Waals surface area contributed by atoms with Gasteiger partial charge in [0.05, 0.1) is 17.4 Å². The van der Waals surface area contributed by atoms with Gasteiger partial charge in [0.25, 0.3) is 0 Å². The van der Waals surface area contributed by atoms with Crippen molar-refractivity contribution in [2.24, 2.45) is 0 Å². The third-order valence-corrected chi connectivity index (χ3v) is 3.88. The fourth-order valence-corrected chi connectivity index (χ4v) is 2.13. The molecule has 0 spiro atoms. The number of rotatable bonds is 7. The number of carbonyl (C=O) groups is 2. The van der Waals surface area contributed by atoms with Crippen molar-refractivity contribution in [3.63, 3.8) is 0 Å². The van der Waals surface area contributed by atoms with Crippen molar-refractivity contribution in [2.45, 2.75) is 51.9 Å². The van der Waals surface area contributed by atoms with E-state index >= 15 is 0 Å². The molecule has 0 atom stereocenters. The summed E-state index contributed by atoms with van der Waals surface area (Å²) in [5, 5.41) is 19.0. The van der Waals surface area contributed by atoms with Gasteiger partial charge in [-0.2, -0.15) is 0 Å². The minimum Gasteiger partial charge on any atom is -0.494 e. The highest BCUT2D eigenvalue weighted by Gasteiger charge is 2.39. The van der Waals surface area contributed by atoms with Crippen LogP contribution in [0, 0.1) is 0 Å². The van der Waals surface area contributed by atoms with Gasteiger partial charge in [0, 0.05) is 0 Å². The summed E-state index contributed by atoms with van der Waals surface area (Å²) in [6, 6.07) is 4.99. The molecule has 0 fully saturated rings. The van der Waals surface area contributed by atoms with E-state index in [2.05, 4.69) is 0 Å². The molecule has 2 N–H and O–H groups in total. The Labute approximate surface area is 130 Å². The maximum absolute atomic E-state index is 11.6. The Morgan fingerprint density at radius 2 is 1.50 bits per heavy atom. The van der Waals surface area contributed by atoms with Crippen LogP contribution in [0.4, 0.5) is 0 Å². The molecule has 0 unspecified atom stereocenters. The molecular weight excluding hydrogens is 284 g/mol. The molecule has 5 heteroatoms. The summed E-state index contributed by atoms with van der Waals surface area (Å²) in [6.07, 6.45) is 0.833. The average molecular weight is 308 g/mol. The van der Waals surface area contributed by atoms with Gasteiger partial charge in [-0.3, -0.25) is 9.59 Å². The summed E-state index contributed by atoms with van der Waals surface area (Å²) >= 11 is 0. The normalized spacial score (nSPS) is 12.0. The topological polar surface area (TPSA) is 83.8 Å². The van der Waals surface area contributed by atoms with Gasteiger partial charge in [0.2, 0.25) is 0 Å². The van der Waals surface area contributed by atoms with Gasteiger partial charge in [0.1, 0.15) is 5.75 Å². The van der Waals surface area contributed by atoms with Gasteiger partial charge in [-0.25, -0.2) is 0 Å². The Balaban J connectivity index is 3.51. The molecule has 122 valence electrons. The summed E-state index contributed by atoms with van der Waals surface area (Å²) in [7, 11) is 0. The molecule has 0 radical (unpaired) electrons. The lowest BCUT2D eigenvalue weighted by Crippen LogP contribution is -2.36. The largest absolute Gasteiger partial charge is 0.494 e. The number of hydrogen-bond acceptors (Lipinski definition) is 3. The van der Waals surface area contributed by atoms with E-state index in [0.717, 1.165) is 6.42 Å². The first-order valence-electron chi connectivity index (χ1n) is 7.29. The van der Waals surface area contributed by atoms with Crippen molar-refractivity contribution in [1.29, 1.82) is 0 Å². The minimum atomic E-state index is -1.21. The van der Waals surface area contributed by atoms with Crippen LogP contribution in [0.25, 0.3) is 0 Å². The van der Waals surface area contributed by atoms with E-state index in [1.807, 2.05) is 6.92 Å². The maximum atomic E-state index is 11.6. The number of benzene rings is 1. The summed E-state index contributed by atoms with van der Waals surface area (Å²) < 4.78 is 5.56. The number of aliphatic carboxylic acids is 2. The van der Waals surface area contributed by atoms with Crippen LogP contribution in [-0.2, 0) is 20.4 Å². The van der Waals surface area contributed by atoms with E-state index in [4.69, 9.17) is 4.74 Å². The van der Waals surface area contributed by atoms with E-state index in [1.54, 1.807) is 45.9 Å². The number of carboxylic acid groups (broad SMARTS) is 2. The molecule has 0 amide bonds. The maximum Gasteiger partial charge on any atom is 0.313 e. The van der Waals surface area contributed by atoms with Crippen LogP contribution in [0.3, 0.4) is 0 Å². The second-order valence-corrected chi connectivity index (χ2v) is 6.42. The Hall–Kier alpha value is -2.04. The fourth-order valence-electron chi connectivity index (χ4n) is 2.13. The first kappa shape index (κ1) is 18.0. The summed E-state index contributed by atoms with van der Waals surface area (Å²) in [6.45, 7) is 8.77. The van der Waals surface area contributed by atoms with Crippen LogP contribution >= 0.6 is 0 Å². The molecule has 1 rings (SSSR count). The molecule has 0 heterocycles. The molecule has 0 aliphatic rings. The van der Waals surface area contributed by atoms with Crippen LogP contribution in [0.15, 0.2) is 18.2 Å². The van der Waals surface area contributed by atoms with Gasteiger partial charge < -0.3 is 14.9 Å². The first-order valence-corrected chi connectivity index (χ1v) is 7.29. The van der Waals surface area contributed by atoms with Crippen LogP contribution in [0.2, 0.25) is 0 Å². The van der Waals surface area contributed by atoms with Crippen LogP contribution in [-0.4, -0.2) is 28.8 Å². The van der Waals surface area contributed by atoms with Crippen molar-refractivity contribution in [3.05, 3.63) is 29.3 Å². The Bertz CT molecular complexity index is 572. The van der Waals surface area contributed by atoms with Crippen LogP contribution in [0.1, 0.15) is 52.2 Å². The molecule has 1 aromatic rings. The lowest BCUT2D eigenvalue weighted by atomic mass is 9.73. The predicted octanol–water partition coefficient (Wildman–Crippen LogP) is 3.20. The predicted molar refractivity (Wildman–Crippen MR) is 83.6 cm³/mol. The minimum absolute atomic E-state index is 0.459. The van der Waals surface area contributed by atoms with E-state index in [1.165, 1.54) is 0 Å². The zero-order chi connectivity index (χ0) is 17.1. The van der Waals surface area contributed by atoms with Gasteiger partial charge in [-0.1, -0.05) is 13.0 Å². The molecule has 5 nitrogen and oxygen atoms in total. The lowest BCUT2D eigenvalue weighted by molar-refractivity contribution is -0.144. The average Bonchev–Trinajstić information content (AvgIpc) is 2.44. The number of hydrogen-bond donors (Lipinski definition) is 2. The van der Waals surface area contributed by atoms with Gasteiger partial charge in [-0.05, 0) is 57.4 Å². The van der Waals surface area contributed by atoms with Crippen LogP contribution < -0.4 is 4.74 Å². The first-order chi connectivity index (χ1) is 10.0. The quantitative estimate of drug-likeness (QED) is 0.808. The monoisotopic (exact) mass is 308 g/mol. The van der Waals surface area contributed by atoms with Crippen molar-refractivity contribution in [3.8, 4) is 5.75 Å². The van der Waals surface area contributed by atoms with Gasteiger partial charge in [-0.15, -0.1) is 0 Å². The molecule has 0 aliphatic heterocycles.